The molecule has 2 rings (SSSR count). The van der Waals surface area contributed by atoms with Gasteiger partial charge in [-0.2, -0.15) is 5.26 Å². The van der Waals surface area contributed by atoms with Gasteiger partial charge in [0.15, 0.2) is 0 Å². The number of nitrogens with two attached hydrogens (primary N) is 1. The molecule has 0 fully saturated rings. The quantitative estimate of drug-likeness (QED) is 0.927. The molecule has 2 N–H and O–H groups in total. The summed E-state index contributed by atoms with van der Waals surface area (Å²) in [4.78, 5) is 4.15. The first-order valence-corrected chi connectivity index (χ1v) is 6.24. The summed E-state index contributed by atoms with van der Waals surface area (Å²) < 4.78 is 2.76. The summed E-state index contributed by atoms with van der Waals surface area (Å²) in [5.74, 6) is 0. The monoisotopic (exact) mass is 304 g/mol. The van der Waals surface area contributed by atoms with Gasteiger partial charge in [0.2, 0.25) is 0 Å². The Bertz CT molecular complexity index is 617. The Hall–Kier alpha value is -1.64. The predicted molar refractivity (Wildman–Crippen MR) is 73.2 cm³/mol. The molecule has 0 atom stereocenters. The Morgan fingerprint density at radius 1 is 1.44 bits per heavy atom. The van der Waals surface area contributed by atoms with Gasteiger partial charge in [-0.05, 0) is 48.0 Å². The molecule has 0 aliphatic rings. The van der Waals surface area contributed by atoms with Gasteiger partial charge in [-0.15, -0.1) is 0 Å². The van der Waals surface area contributed by atoms with Crippen molar-refractivity contribution in [2.75, 3.05) is 0 Å². The van der Waals surface area contributed by atoms with E-state index in [2.05, 4.69) is 27.0 Å². The lowest BCUT2D eigenvalue weighted by molar-refractivity contribution is 0.524. The van der Waals surface area contributed by atoms with Crippen LogP contribution in [0.5, 0.6) is 0 Å². The number of hydrogen-bond acceptors (Lipinski definition) is 3. The Morgan fingerprint density at radius 3 is 2.72 bits per heavy atom. The highest BCUT2D eigenvalue weighted by molar-refractivity contribution is 9.10. The molecule has 92 valence electrons. The molecule has 0 aliphatic heterocycles. The van der Waals surface area contributed by atoms with Gasteiger partial charge in [0.05, 0.1) is 41.1 Å². The van der Waals surface area contributed by atoms with Crippen molar-refractivity contribution < 1.29 is 0 Å². The SMILES string of the molecule is CC(C)(N)c1cncn1-c1ccc(C#N)cc1Br. The molecule has 1 aromatic carbocycles. The third kappa shape index (κ3) is 2.30. The minimum absolute atomic E-state index is 0.482. The number of benzene rings is 1. The van der Waals surface area contributed by atoms with E-state index in [0.717, 1.165) is 15.9 Å². The second kappa shape index (κ2) is 4.56. The van der Waals surface area contributed by atoms with E-state index < -0.39 is 5.54 Å². The standard InChI is InChI=1S/C13H13BrN4/c1-13(2,16)12-7-17-8-18(12)11-4-3-9(6-15)5-10(11)14/h3-5,7-8H,16H2,1-2H3. The van der Waals surface area contributed by atoms with Gasteiger partial charge in [0, 0.05) is 4.47 Å². The molecule has 18 heavy (non-hydrogen) atoms. The molecule has 0 bridgehead atoms. The average Bonchev–Trinajstić information content (AvgIpc) is 2.77. The minimum Gasteiger partial charge on any atom is -0.321 e. The second-order valence-electron chi connectivity index (χ2n) is 4.65. The van der Waals surface area contributed by atoms with Crippen molar-refractivity contribution in [3.05, 3.63) is 46.5 Å². The van der Waals surface area contributed by atoms with Crippen LogP contribution in [0, 0.1) is 11.3 Å². The maximum atomic E-state index is 8.86. The van der Waals surface area contributed by atoms with Crippen LogP contribution in [-0.2, 0) is 5.54 Å². The fourth-order valence-corrected chi connectivity index (χ4v) is 2.31. The summed E-state index contributed by atoms with van der Waals surface area (Å²) in [7, 11) is 0. The molecule has 1 aromatic heterocycles. The summed E-state index contributed by atoms with van der Waals surface area (Å²) in [6, 6.07) is 7.53. The lowest BCUT2D eigenvalue weighted by atomic mass is 10.0. The van der Waals surface area contributed by atoms with E-state index in [-0.39, 0.29) is 0 Å². The molecular formula is C13H13BrN4. The maximum Gasteiger partial charge on any atom is 0.0995 e. The third-order valence-electron chi connectivity index (χ3n) is 2.63. The number of aromatic nitrogens is 2. The van der Waals surface area contributed by atoms with E-state index >= 15 is 0 Å². The predicted octanol–water partition coefficient (Wildman–Crippen LogP) is 2.70. The molecule has 0 saturated carbocycles. The van der Waals surface area contributed by atoms with E-state index in [0.29, 0.717) is 5.56 Å². The molecule has 0 aliphatic carbocycles. The van der Waals surface area contributed by atoms with Gasteiger partial charge in [0.25, 0.3) is 0 Å². The topological polar surface area (TPSA) is 67.6 Å². The van der Waals surface area contributed by atoms with Crippen LogP contribution in [-0.4, -0.2) is 9.55 Å². The Balaban J connectivity index is 2.57. The van der Waals surface area contributed by atoms with Gasteiger partial charge in [-0.25, -0.2) is 4.98 Å². The molecular weight excluding hydrogens is 292 g/mol. The van der Waals surface area contributed by atoms with Crippen LogP contribution < -0.4 is 5.73 Å². The highest BCUT2D eigenvalue weighted by Crippen LogP contribution is 2.26. The van der Waals surface area contributed by atoms with Crippen molar-refractivity contribution in [3.8, 4) is 11.8 Å². The van der Waals surface area contributed by atoms with Gasteiger partial charge in [0.1, 0.15) is 0 Å². The van der Waals surface area contributed by atoms with Crippen LogP contribution in [0.2, 0.25) is 0 Å². The van der Waals surface area contributed by atoms with E-state index in [1.165, 1.54) is 0 Å². The zero-order valence-electron chi connectivity index (χ0n) is 10.2. The minimum atomic E-state index is -0.482. The number of nitriles is 1. The molecule has 0 amide bonds. The van der Waals surface area contributed by atoms with Crippen LogP contribution in [0.3, 0.4) is 0 Å². The number of halogens is 1. The van der Waals surface area contributed by atoms with Gasteiger partial charge in [-0.3, -0.25) is 0 Å². The van der Waals surface area contributed by atoms with Crippen molar-refractivity contribution >= 4 is 15.9 Å². The molecule has 4 nitrogen and oxygen atoms in total. The highest BCUT2D eigenvalue weighted by Gasteiger charge is 2.20. The van der Waals surface area contributed by atoms with Crippen LogP contribution in [0.1, 0.15) is 25.1 Å². The van der Waals surface area contributed by atoms with Gasteiger partial charge in [-0.1, -0.05) is 0 Å². The van der Waals surface area contributed by atoms with Crippen LogP contribution >= 0.6 is 15.9 Å². The molecule has 0 radical (unpaired) electrons. The van der Waals surface area contributed by atoms with Crippen LogP contribution in [0.4, 0.5) is 0 Å². The summed E-state index contributed by atoms with van der Waals surface area (Å²) >= 11 is 3.47. The number of imidazole rings is 1. The van der Waals surface area contributed by atoms with E-state index in [4.69, 9.17) is 11.0 Å². The van der Waals surface area contributed by atoms with Crippen molar-refractivity contribution in [3.63, 3.8) is 0 Å². The molecule has 1 heterocycles. The largest absolute Gasteiger partial charge is 0.321 e. The Kier molecular flexibility index (Phi) is 3.24. The van der Waals surface area contributed by atoms with Crippen molar-refractivity contribution in [1.82, 2.24) is 9.55 Å². The molecule has 0 unspecified atom stereocenters. The zero-order valence-corrected chi connectivity index (χ0v) is 11.8. The zero-order chi connectivity index (χ0) is 13.3. The van der Waals surface area contributed by atoms with Gasteiger partial charge < -0.3 is 10.3 Å². The summed E-state index contributed by atoms with van der Waals surface area (Å²) in [5.41, 5.74) is 8.07. The first-order chi connectivity index (χ1) is 8.43. The van der Waals surface area contributed by atoms with Gasteiger partial charge >= 0.3 is 0 Å². The normalized spacial score (nSPS) is 11.3. The lowest BCUT2D eigenvalue weighted by Crippen LogP contribution is -2.31. The first-order valence-electron chi connectivity index (χ1n) is 5.45. The van der Waals surface area contributed by atoms with E-state index in [1.54, 1.807) is 24.7 Å². The molecule has 0 spiro atoms. The van der Waals surface area contributed by atoms with Crippen molar-refractivity contribution in [1.29, 1.82) is 5.26 Å². The summed E-state index contributed by atoms with van der Waals surface area (Å²) in [5, 5.41) is 8.86. The average molecular weight is 305 g/mol. The third-order valence-corrected chi connectivity index (χ3v) is 3.27. The summed E-state index contributed by atoms with van der Waals surface area (Å²) in [6.07, 6.45) is 3.47. The highest BCUT2D eigenvalue weighted by atomic mass is 79.9. The fraction of sp³-hybridized carbons (Fsp3) is 0.231. The van der Waals surface area contributed by atoms with E-state index in [9.17, 15) is 0 Å². The summed E-state index contributed by atoms with van der Waals surface area (Å²) in [6.45, 7) is 3.86. The smallest absolute Gasteiger partial charge is 0.0995 e. The lowest BCUT2D eigenvalue weighted by Gasteiger charge is -2.21. The molecule has 5 heteroatoms. The van der Waals surface area contributed by atoms with E-state index in [1.807, 2.05) is 24.5 Å². The Morgan fingerprint density at radius 2 is 2.17 bits per heavy atom. The Labute approximate surface area is 114 Å². The molecule has 0 saturated heterocycles. The number of rotatable bonds is 2. The second-order valence-corrected chi connectivity index (χ2v) is 5.50. The number of nitrogens with zero attached hydrogens (tertiary/aromatic N) is 3. The van der Waals surface area contributed by atoms with Crippen LogP contribution in [0.15, 0.2) is 35.2 Å². The first kappa shape index (κ1) is 12.8. The van der Waals surface area contributed by atoms with Crippen LogP contribution in [0.25, 0.3) is 5.69 Å². The fourth-order valence-electron chi connectivity index (χ4n) is 1.74. The van der Waals surface area contributed by atoms with Crippen molar-refractivity contribution in [2.45, 2.75) is 19.4 Å². The maximum absolute atomic E-state index is 8.86. The molecule has 2 aromatic rings. The number of hydrogen-bond donors (Lipinski definition) is 1. The van der Waals surface area contributed by atoms with Crippen molar-refractivity contribution in [2.24, 2.45) is 5.73 Å².